The average Bonchev–Trinajstić information content (AvgIpc) is 2.74. The van der Waals surface area contributed by atoms with Crippen LogP contribution in [0.15, 0.2) is 42.5 Å². The molecular formula is C26H34O3. The number of carbonyl (C=O) groups is 1. The smallest absolute Gasteiger partial charge is 0.306 e. The number of hydrogen-bond acceptors (Lipinski definition) is 3. The molecule has 3 heteroatoms. The second-order valence-corrected chi connectivity index (χ2v) is 7.91. The van der Waals surface area contributed by atoms with E-state index in [1.807, 2.05) is 12.1 Å². The summed E-state index contributed by atoms with van der Waals surface area (Å²) in [4.78, 5) is 12.3. The summed E-state index contributed by atoms with van der Waals surface area (Å²) in [7, 11) is 0. The SMILES string of the molecule is CCCCCCCCOC1=CC(OC(=O)CCCC)c2cccc3cccc1c23. The van der Waals surface area contributed by atoms with Crippen molar-refractivity contribution >= 4 is 22.5 Å². The number of rotatable bonds is 12. The monoisotopic (exact) mass is 394 g/mol. The maximum absolute atomic E-state index is 12.3. The van der Waals surface area contributed by atoms with Crippen LogP contribution >= 0.6 is 0 Å². The summed E-state index contributed by atoms with van der Waals surface area (Å²) in [6.45, 7) is 5.02. The van der Waals surface area contributed by atoms with Crippen molar-refractivity contribution in [3.05, 3.63) is 53.6 Å². The predicted octanol–water partition coefficient (Wildman–Crippen LogP) is 7.35. The normalized spacial score (nSPS) is 15.2. The third-order valence-electron chi connectivity index (χ3n) is 5.56. The van der Waals surface area contributed by atoms with Gasteiger partial charge in [0.1, 0.15) is 11.9 Å². The molecule has 1 unspecified atom stereocenters. The van der Waals surface area contributed by atoms with Crippen molar-refractivity contribution < 1.29 is 14.3 Å². The third-order valence-corrected chi connectivity index (χ3v) is 5.56. The summed E-state index contributed by atoms with van der Waals surface area (Å²) >= 11 is 0. The van der Waals surface area contributed by atoms with Crippen LogP contribution in [0.3, 0.4) is 0 Å². The summed E-state index contributed by atoms with van der Waals surface area (Å²) in [5.74, 6) is 0.705. The molecule has 2 aromatic rings. The number of hydrogen-bond donors (Lipinski definition) is 0. The van der Waals surface area contributed by atoms with E-state index in [-0.39, 0.29) is 12.1 Å². The molecule has 0 saturated carbocycles. The quantitative estimate of drug-likeness (QED) is 0.279. The van der Waals surface area contributed by atoms with Crippen LogP contribution in [0, 0.1) is 0 Å². The van der Waals surface area contributed by atoms with Crippen molar-refractivity contribution in [3.63, 3.8) is 0 Å². The molecule has 0 fully saturated rings. The molecular weight excluding hydrogens is 360 g/mol. The maximum Gasteiger partial charge on any atom is 0.306 e. The van der Waals surface area contributed by atoms with Crippen molar-refractivity contribution in [1.29, 1.82) is 0 Å². The summed E-state index contributed by atoms with van der Waals surface area (Å²) in [5, 5.41) is 2.30. The molecule has 0 aliphatic heterocycles. The fourth-order valence-electron chi connectivity index (χ4n) is 3.94. The number of ether oxygens (including phenoxy) is 2. The molecule has 0 spiro atoms. The lowest BCUT2D eigenvalue weighted by atomic mass is 9.90. The Morgan fingerprint density at radius 3 is 2.41 bits per heavy atom. The zero-order valence-corrected chi connectivity index (χ0v) is 17.9. The van der Waals surface area contributed by atoms with Gasteiger partial charge in [-0.3, -0.25) is 4.79 Å². The molecule has 0 amide bonds. The van der Waals surface area contributed by atoms with Crippen LogP contribution in [0.2, 0.25) is 0 Å². The molecule has 0 aromatic heterocycles. The molecule has 0 heterocycles. The average molecular weight is 395 g/mol. The Hall–Kier alpha value is -2.29. The summed E-state index contributed by atoms with van der Waals surface area (Å²) in [6, 6.07) is 12.5. The van der Waals surface area contributed by atoms with Crippen molar-refractivity contribution in [1.82, 2.24) is 0 Å². The van der Waals surface area contributed by atoms with Crippen LogP contribution in [0.1, 0.15) is 88.9 Å². The van der Waals surface area contributed by atoms with E-state index in [9.17, 15) is 4.79 Å². The van der Waals surface area contributed by atoms with E-state index in [1.165, 1.54) is 32.1 Å². The van der Waals surface area contributed by atoms with E-state index < -0.39 is 0 Å². The largest absolute Gasteiger partial charge is 0.493 e. The van der Waals surface area contributed by atoms with E-state index in [0.29, 0.717) is 13.0 Å². The minimum Gasteiger partial charge on any atom is -0.493 e. The van der Waals surface area contributed by atoms with E-state index in [0.717, 1.165) is 46.9 Å². The molecule has 156 valence electrons. The summed E-state index contributed by atoms with van der Waals surface area (Å²) in [5.41, 5.74) is 2.15. The first-order chi connectivity index (χ1) is 14.2. The van der Waals surface area contributed by atoms with Crippen LogP contribution in [-0.4, -0.2) is 12.6 Å². The van der Waals surface area contributed by atoms with Gasteiger partial charge in [0.2, 0.25) is 0 Å². The Bertz CT molecular complexity index is 832. The lowest BCUT2D eigenvalue weighted by Crippen LogP contribution is -2.14. The molecule has 3 nitrogen and oxygen atoms in total. The lowest BCUT2D eigenvalue weighted by molar-refractivity contribution is -0.147. The summed E-state index contributed by atoms with van der Waals surface area (Å²) < 4.78 is 12.0. The van der Waals surface area contributed by atoms with E-state index in [1.54, 1.807) is 0 Å². The highest BCUT2D eigenvalue weighted by Crippen LogP contribution is 2.39. The lowest BCUT2D eigenvalue weighted by Gasteiger charge is -2.25. The minimum absolute atomic E-state index is 0.139. The number of esters is 1. The van der Waals surface area contributed by atoms with E-state index >= 15 is 0 Å². The van der Waals surface area contributed by atoms with Gasteiger partial charge in [-0.2, -0.15) is 0 Å². The first-order valence-electron chi connectivity index (χ1n) is 11.3. The molecule has 0 N–H and O–H groups in total. The topological polar surface area (TPSA) is 35.5 Å². The Labute approximate surface area is 175 Å². The number of benzene rings is 2. The van der Waals surface area contributed by atoms with Gasteiger partial charge in [-0.25, -0.2) is 0 Å². The van der Waals surface area contributed by atoms with Crippen LogP contribution in [-0.2, 0) is 14.3 Å². The molecule has 1 aliphatic carbocycles. The van der Waals surface area contributed by atoms with Gasteiger partial charge in [0.15, 0.2) is 0 Å². The molecule has 1 aliphatic rings. The highest BCUT2D eigenvalue weighted by Gasteiger charge is 2.25. The molecule has 0 saturated heterocycles. The Balaban J connectivity index is 1.73. The second kappa shape index (κ2) is 11.0. The molecule has 3 rings (SSSR count). The van der Waals surface area contributed by atoms with Crippen molar-refractivity contribution in [2.24, 2.45) is 0 Å². The Morgan fingerprint density at radius 2 is 1.62 bits per heavy atom. The van der Waals surface area contributed by atoms with Crippen LogP contribution in [0.4, 0.5) is 0 Å². The van der Waals surface area contributed by atoms with Gasteiger partial charge in [-0.1, -0.05) is 88.8 Å². The minimum atomic E-state index is -0.377. The highest BCUT2D eigenvalue weighted by atomic mass is 16.5. The van der Waals surface area contributed by atoms with Gasteiger partial charge >= 0.3 is 5.97 Å². The van der Waals surface area contributed by atoms with Crippen LogP contribution in [0.5, 0.6) is 0 Å². The van der Waals surface area contributed by atoms with Gasteiger partial charge in [0.05, 0.1) is 6.61 Å². The van der Waals surface area contributed by atoms with Gasteiger partial charge in [0.25, 0.3) is 0 Å². The Morgan fingerprint density at radius 1 is 0.897 bits per heavy atom. The highest BCUT2D eigenvalue weighted by molar-refractivity contribution is 5.97. The van der Waals surface area contributed by atoms with E-state index in [4.69, 9.17) is 9.47 Å². The third kappa shape index (κ3) is 5.62. The standard InChI is InChI=1S/C26H34O3/c1-3-5-7-8-9-10-18-28-23-19-24(29-25(27)17-6-4-2)22-16-12-14-20-13-11-15-21(23)26(20)22/h11-16,19,24H,3-10,17-18H2,1-2H3. The summed E-state index contributed by atoms with van der Waals surface area (Å²) in [6.07, 6.45) is 11.3. The molecule has 2 aromatic carbocycles. The van der Waals surface area contributed by atoms with Gasteiger partial charge < -0.3 is 9.47 Å². The predicted molar refractivity (Wildman–Crippen MR) is 120 cm³/mol. The van der Waals surface area contributed by atoms with Gasteiger partial charge in [-0.05, 0) is 23.6 Å². The number of carbonyl (C=O) groups excluding carboxylic acids is 1. The molecule has 0 radical (unpaired) electrons. The second-order valence-electron chi connectivity index (χ2n) is 7.91. The molecule has 1 atom stereocenters. The zero-order valence-electron chi connectivity index (χ0n) is 17.9. The fourth-order valence-corrected chi connectivity index (χ4v) is 3.94. The van der Waals surface area contributed by atoms with Crippen molar-refractivity contribution in [3.8, 4) is 0 Å². The van der Waals surface area contributed by atoms with Gasteiger partial charge in [-0.15, -0.1) is 0 Å². The van der Waals surface area contributed by atoms with Crippen molar-refractivity contribution in [2.75, 3.05) is 6.61 Å². The van der Waals surface area contributed by atoms with Crippen molar-refractivity contribution in [2.45, 2.75) is 77.7 Å². The Kier molecular flexibility index (Phi) is 8.15. The maximum atomic E-state index is 12.3. The van der Waals surface area contributed by atoms with E-state index in [2.05, 4.69) is 44.2 Å². The molecule has 0 bridgehead atoms. The number of unbranched alkanes of at least 4 members (excludes halogenated alkanes) is 6. The van der Waals surface area contributed by atoms with Crippen LogP contribution in [0.25, 0.3) is 16.5 Å². The zero-order chi connectivity index (χ0) is 20.5. The first-order valence-corrected chi connectivity index (χ1v) is 11.3. The fraction of sp³-hybridized carbons (Fsp3) is 0.500. The first kappa shape index (κ1) is 21.4. The van der Waals surface area contributed by atoms with Crippen LogP contribution < -0.4 is 0 Å². The molecule has 29 heavy (non-hydrogen) atoms. The van der Waals surface area contributed by atoms with Gasteiger partial charge in [0, 0.05) is 23.6 Å².